The summed E-state index contributed by atoms with van der Waals surface area (Å²) in [4.78, 5) is 6.24. The van der Waals surface area contributed by atoms with Crippen molar-refractivity contribution < 1.29 is 40.6 Å². The number of halogens is 7. The third-order valence-electron chi connectivity index (χ3n) is 8.09. The Morgan fingerprint density at radius 3 is 2.69 bits per heavy atom. The van der Waals surface area contributed by atoms with Gasteiger partial charge in [0.05, 0.1) is 30.5 Å². The Morgan fingerprint density at radius 1 is 1.19 bits per heavy atom. The fraction of sp³-hybridized carbons (Fsp3) is 0.517. The van der Waals surface area contributed by atoms with Gasteiger partial charge in [-0.1, -0.05) is 12.1 Å². The molecule has 2 aromatic carbocycles. The Kier molecular flexibility index (Phi) is 8.91. The summed E-state index contributed by atoms with van der Waals surface area (Å²) in [6.45, 7) is -2.85. The van der Waals surface area contributed by atoms with Gasteiger partial charge in [0.1, 0.15) is 24.0 Å². The maximum Gasteiger partial charge on any atom is 0.387 e. The van der Waals surface area contributed by atoms with Gasteiger partial charge in [0.25, 0.3) is 5.92 Å². The number of rotatable bonds is 11. The van der Waals surface area contributed by atoms with E-state index in [1.54, 1.807) is 13.0 Å². The van der Waals surface area contributed by atoms with Crippen LogP contribution in [0.5, 0.6) is 5.75 Å². The number of hydrogen-bond acceptors (Lipinski definition) is 5. The highest BCUT2D eigenvalue weighted by Gasteiger charge is 2.43. The molecule has 0 spiro atoms. The van der Waals surface area contributed by atoms with Crippen LogP contribution in [0.3, 0.4) is 0 Å². The van der Waals surface area contributed by atoms with E-state index in [0.29, 0.717) is 43.4 Å². The van der Waals surface area contributed by atoms with Gasteiger partial charge in [0.2, 0.25) is 0 Å². The highest BCUT2D eigenvalue weighted by atomic mass is 19.3. The minimum Gasteiger partial charge on any atom is -0.434 e. The normalized spacial score (nSPS) is 21.8. The first-order valence-corrected chi connectivity index (χ1v) is 13.9. The summed E-state index contributed by atoms with van der Waals surface area (Å²) in [6, 6.07) is 4.35. The van der Waals surface area contributed by atoms with Crippen LogP contribution in [0.1, 0.15) is 42.6 Å². The number of ether oxygens (including phenoxy) is 1. The van der Waals surface area contributed by atoms with Crippen molar-refractivity contribution in [1.82, 2.24) is 14.8 Å². The first-order valence-electron chi connectivity index (χ1n) is 13.9. The van der Waals surface area contributed by atoms with Gasteiger partial charge in [-0.25, -0.2) is 17.6 Å². The second-order valence-electron chi connectivity index (χ2n) is 11.0. The number of hydrogen-bond donors (Lipinski definition) is 3. The zero-order valence-electron chi connectivity index (χ0n) is 23.0. The average Bonchev–Trinajstić information content (AvgIpc) is 3.54. The maximum absolute atomic E-state index is 15.7. The lowest BCUT2D eigenvalue weighted by Crippen LogP contribution is -2.49. The highest BCUT2D eigenvalue weighted by Crippen LogP contribution is 2.46. The van der Waals surface area contributed by atoms with E-state index in [9.17, 15) is 31.4 Å². The molecule has 2 aliphatic rings. The number of alkyl halides is 5. The van der Waals surface area contributed by atoms with Crippen molar-refractivity contribution in [2.45, 2.75) is 56.8 Å². The van der Waals surface area contributed by atoms with Crippen molar-refractivity contribution >= 4 is 16.6 Å². The molecule has 5 rings (SSSR count). The molecule has 6 nitrogen and oxygen atoms in total. The molecule has 0 saturated carbocycles. The Bertz CT molecular complexity index is 1400. The third-order valence-corrected chi connectivity index (χ3v) is 8.09. The van der Waals surface area contributed by atoms with E-state index in [0.717, 1.165) is 12.1 Å². The Morgan fingerprint density at radius 2 is 1.98 bits per heavy atom. The molecule has 0 amide bonds. The van der Waals surface area contributed by atoms with Gasteiger partial charge in [0, 0.05) is 54.4 Å². The summed E-state index contributed by atoms with van der Waals surface area (Å²) < 4.78 is 104. The van der Waals surface area contributed by atoms with Crippen LogP contribution in [-0.4, -0.2) is 84.0 Å². The number of benzene rings is 2. The molecule has 3 heterocycles. The van der Waals surface area contributed by atoms with Crippen molar-refractivity contribution in [3.63, 3.8) is 0 Å². The summed E-state index contributed by atoms with van der Waals surface area (Å²) >= 11 is 0. The Labute approximate surface area is 238 Å². The number of aromatic nitrogens is 1. The lowest BCUT2D eigenvalue weighted by molar-refractivity contribution is -0.0875. The molecule has 0 bridgehead atoms. The highest BCUT2D eigenvalue weighted by molar-refractivity contribution is 5.86. The van der Waals surface area contributed by atoms with Crippen LogP contribution in [0.4, 0.5) is 36.4 Å². The van der Waals surface area contributed by atoms with Crippen molar-refractivity contribution in [2.24, 2.45) is 0 Å². The van der Waals surface area contributed by atoms with Crippen LogP contribution < -0.4 is 10.1 Å². The van der Waals surface area contributed by atoms with Crippen molar-refractivity contribution in [3.05, 3.63) is 58.8 Å². The van der Waals surface area contributed by atoms with E-state index in [2.05, 4.69) is 10.3 Å². The molecule has 2 aliphatic heterocycles. The summed E-state index contributed by atoms with van der Waals surface area (Å²) in [6.07, 6.45) is 1.20. The predicted octanol–water partition coefficient (Wildman–Crippen LogP) is 5.86. The molecule has 1 unspecified atom stereocenters. The lowest BCUT2D eigenvalue weighted by Gasteiger charge is -2.42. The standard InChI is InChI=1S/C29H33F7N4O2/c1-16-10-19-18-4-2-5-21(31)25(18)38-26(19)27(40(16)14-29(35,36)15-41)20-11-22(32)23(12-24(20)42-28(33)34)37-17-6-9-39(13-17)8-3-7-30/h2,4-5,11-12,16-17,27-28,37-38,41H,3,6-10,13-15H2,1H3/t16-,17+,27?/m1/s1. The molecule has 3 atom stereocenters. The number of para-hydroxylation sites is 1. The molecule has 0 radical (unpaired) electrons. The number of likely N-dealkylation sites (tertiary alicyclic amines) is 1. The molecule has 1 aromatic heterocycles. The molecular formula is C29H33F7N4O2. The number of H-pyrrole nitrogens is 1. The van der Waals surface area contributed by atoms with Crippen LogP contribution in [0.25, 0.3) is 10.9 Å². The van der Waals surface area contributed by atoms with Gasteiger partial charge in [-0.05, 0) is 43.9 Å². The second kappa shape index (κ2) is 12.3. The molecule has 0 aliphatic carbocycles. The SMILES string of the molecule is C[C@@H]1Cc2c([nH]c3c(F)cccc23)C(c2cc(F)c(N[C@H]3CCN(CCCF)C3)cc2OC(F)F)N1CC(F)(F)CO. The average molecular weight is 603 g/mol. The number of fused-ring (bicyclic) bond motifs is 3. The van der Waals surface area contributed by atoms with Gasteiger partial charge < -0.3 is 25.0 Å². The largest absolute Gasteiger partial charge is 0.434 e. The summed E-state index contributed by atoms with van der Waals surface area (Å²) in [5.41, 5.74) is 0.702. The smallest absolute Gasteiger partial charge is 0.387 e. The third kappa shape index (κ3) is 6.18. The molecule has 230 valence electrons. The van der Waals surface area contributed by atoms with Gasteiger partial charge in [-0.3, -0.25) is 9.29 Å². The zero-order valence-corrected chi connectivity index (χ0v) is 23.0. The molecule has 3 aromatic rings. The van der Waals surface area contributed by atoms with Gasteiger partial charge in [0.15, 0.2) is 0 Å². The second-order valence-corrected chi connectivity index (χ2v) is 11.0. The lowest BCUT2D eigenvalue weighted by atomic mass is 9.87. The minimum absolute atomic E-state index is 0.106. The number of nitrogens with zero attached hydrogens (tertiary/aromatic N) is 2. The van der Waals surface area contributed by atoms with Crippen LogP contribution in [-0.2, 0) is 6.42 Å². The number of aliphatic hydroxyl groups excluding tert-OH is 1. The fourth-order valence-electron chi connectivity index (χ4n) is 6.19. The van der Waals surface area contributed by atoms with Crippen molar-refractivity contribution in [3.8, 4) is 5.75 Å². The summed E-state index contributed by atoms with van der Waals surface area (Å²) in [5, 5.41) is 12.8. The van der Waals surface area contributed by atoms with Gasteiger partial charge in [-0.2, -0.15) is 8.78 Å². The molecule has 1 fully saturated rings. The van der Waals surface area contributed by atoms with E-state index >= 15 is 4.39 Å². The Balaban J connectivity index is 1.59. The van der Waals surface area contributed by atoms with E-state index in [4.69, 9.17) is 4.74 Å². The van der Waals surface area contributed by atoms with Crippen LogP contribution in [0, 0.1) is 11.6 Å². The van der Waals surface area contributed by atoms with E-state index in [1.165, 1.54) is 17.0 Å². The molecule has 1 saturated heterocycles. The van der Waals surface area contributed by atoms with E-state index in [1.807, 2.05) is 4.90 Å². The van der Waals surface area contributed by atoms with E-state index in [-0.39, 0.29) is 34.9 Å². The van der Waals surface area contributed by atoms with Crippen molar-refractivity contribution in [1.29, 1.82) is 0 Å². The fourth-order valence-corrected chi connectivity index (χ4v) is 6.19. The molecule has 13 heteroatoms. The summed E-state index contributed by atoms with van der Waals surface area (Å²) in [5.74, 6) is -5.40. The number of nitrogens with one attached hydrogen (secondary N) is 2. The topological polar surface area (TPSA) is 63.8 Å². The number of aromatic amines is 1. The molecule has 3 N–H and O–H groups in total. The quantitative estimate of drug-likeness (QED) is 0.240. The first kappa shape index (κ1) is 30.4. The van der Waals surface area contributed by atoms with Crippen molar-refractivity contribution in [2.75, 3.05) is 44.8 Å². The van der Waals surface area contributed by atoms with E-state index < -0.39 is 61.8 Å². The van der Waals surface area contributed by atoms with Gasteiger partial charge in [-0.15, -0.1) is 0 Å². The summed E-state index contributed by atoms with van der Waals surface area (Å²) in [7, 11) is 0. The predicted molar refractivity (Wildman–Crippen MR) is 144 cm³/mol. The zero-order chi connectivity index (χ0) is 30.2. The van der Waals surface area contributed by atoms with Crippen LogP contribution in [0.2, 0.25) is 0 Å². The maximum atomic E-state index is 15.7. The number of anilines is 1. The van der Waals surface area contributed by atoms with Gasteiger partial charge >= 0.3 is 6.61 Å². The number of aliphatic hydroxyl groups is 1. The first-order chi connectivity index (χ1) is 20.0. The Hall–Kier alpha value is -3.03. The van der Waals surface area contributed by atoms with Crippen LogP contribution in [0.15, 0.2) is 30.3 Å². The minimum atomic E-state index is -3.57. The van der Waals surface area contributed by atoms with Crippen LogP contribution >= 0.6 is 0 Å². The molecular weight excluding hydrogens is 569 g/mol. The molecule has 42 heavy (non-hydrogen) atoms. The monoisotopic (exact) mass is 602 g/mol.